The van der Waals surface area contributed by atoms with Gasteiger partial charge in [-0.05, 0) is 38.7 Å². The Bertz CT molecular complexity index is 420. The van der Waals surface area contributed by atoms with Crippen molar-refractivity contribution in [2.24, 2.45) is 0 Å². The summed E-state index contributed by atoms with van der Waals surface area (Å²) < 4.78 is 6.62. The molecule has 4 nitrogen and oxygen atoms in total. The highest BCUT2D eigenvalue weighted by atomic mass is 16.6. The maximum Gasteiger partial charge on any atom is 0.435 e. The fourth-order valence-electron chi connectivity index (χ4n) is 1.64. The highest BCUT2D eigenvalue weighted by Gasteiger charge is 2.25. The van der Waals surface area contributed by atoms with Gasteiger partial charge < -0.3 is 4.74 Å². The molecule has 0 bridgehead atoms. The summed E-state index contributed by atoms with van der Waals surface area (Å²) in [6.45, 7) is 13.7. The van der Waals surface area contributed by atoms with E-state index in [2.05, 4.69) is 25.9 Å². The second kappa shape index (κ2) is 4.17. The molecule has 1 aromatic heterocycles. The van der Waals surface area contributed by atoms with Crippen molar-refractivity contribution >= 4 is 6.09 Å². The standard InChI is InChI=1S/C13H22N2O2/c1-9-10(12(2,3)4)8-14-15(9)11(16)17-13(5,6)7/h8H,1-7H3. The summed E-state index contributed by atoms with van der Waals surface area (Å²) in [6, 6.07) is 0. The summed E-state index contributed by atoms with van der Waals surface area (Å²) in [5.74, 6) is 0. The minimum atomic E-state index is -0.503. The number of hydrogen-bond donors (Lipinski definition) is 0. The van der Waals surface area contributed by atoms with Gasteiger partial charge in [-0.15, -0.1) is 0 Å². The Hall–Kier alpha value is -1.32. The zero-order chi connectivity index (χ0) is 13.4. The van der Waals surface area contributed by atoms with E-state index in [9.17, 15) is 4.79 Å². The lowest BCUT2D eigenvalue weighted by atomic mass is 9.88. The first-order valence-electron chi connectivity index (χ1n) is 5.81. The Morgan fingerprint density at radius 3 is 2.12 bits per heavy atom. The van der Waals surface area contributed by atoms with Crippen LogP contribution in [0.4, 0.5) is 4.79 Å². The van der Waals surface area contributed by atoms with Crippen LogP contribution in [0, 0.1) is 6.92 Å². The van der Waals surface area contributed by atoms with Crippen molar-refractivity contribution in [3.05, 3.63) is 17.5 Å². The minimum Gasteiger partial charge on any atom is -0.442 e. The van der Waals surface area contributed by atoms with E-state index in [0.29, 0.717) is 0 Å². The van der Waals surface area contributed by atoms with Gasteiger partial charge in [0.05, 0.1) is 11.9 Å². The van der Waals surface area contributed by atoms with E-state index in [-0.39, 0.29) is 5.41 Å². The number of aromatic nitrogens is 2. The summed E-state index contributed by atoms with van der Waals surface area (Å²) >= 11 is 0. The smallest absolute Gasteiger partial charge is 0.435 e. The predicted molar refractivity (Wildman–Crippen MR) is 67.3 cm³/mol. The third-order valence-corrected chi connectivity index (χ3v) is 2.38. The first-order chi connectivity index (χ1) is 7.52. The first-order valence-corrected chi connectivity index (χ1v) is 5.81. The van der Waals surface area contributed by atoms with Crippen LogP contribution in [0.5, 0.6) is 0 Å². The average molecular weight is 238 g/mol. The molecule has 0 aromatic carbocycles. The maximum absolute atomic E-state index is 11.9. The molecule has 4 heteroatoms. The normalized spacial score (nSPS) is 12.6. The Morgan fingerprint density at radius 2 is 1.76 bits per heavy atom. The number of ether oxygens (including phenoxy) is 1. The Balaban J connectivity index is 3.02. The molecular weight excluding hydrogens is 216 g/mol. The van der Waals surface area contributed by atoms with Crippen molar-refractivity contribution in [3.63, 3.8) is 0 Å². The number of carbonyl (C=O) groups is 1. The van der Waals surface area contributed by atoms with Crippen LogP contribution in [0.1, 0.15) is 52.8 Å². The van der Waals surface area contributed by atoms with Gasteiger partial charge in [0, 0.05) is 0 Å². The SMILES string of the molecule is Cc1c(C(C)(C)C)cnn1C(=O)OC(C)(C)C. The summed E-state index contributed by atoms with van der Waals surface area (Å²) in [6.07, 6.45) is 1.31. The largest absolute Gasteiger partial charge is 0.442 e. The third-order valence-electron chi connectivity index (χ3n) is 2.38. The molecule has 0 aliphatic carbocycles. The van der Waals surface area contributed by atoms with E-state index in [1.165, 1.54) is 4.68 Å². The van der Waals surface area contributed by atoms with Crippen molar-refractivity contribution in [1.29, 1.82) is 0 Å². The summed E-state index contributed by atoms with van der Waals surface area (Å²) in [4.78, 5) is 11.9. The molecule has 0 unspecified atom stereocenters. The minimum absolute atomic E-state index is 0.0235. The molecule has 96 valence electrons. The van der Waals surface area contributed by atoms with Crippen LogP contribution < -0.4 is 0 Å². The van der Waals surface area contributed by atoms with Gasteiger partial charge in [-0.1, -0.05) is 20.8 Å². The van der Waals surface area contributed by atoms with E-state index >= 15 is 0 Å². The van der Waals surface area contributed by atoms with E-state index in [1.54, 1.807) is 6.20 Å². The molecule has 17 heavy (non-hydrogen) atoms. The molecule has 0 fully saturated rings. The van der Waals surface area contributed by atoms with Crippen molar-refractivity contribution < 1.29 is 9.53 Å². The second-order valence-electron chi connectivity index (χ2n) is 6.29. The fraction of sp³-hybridized carbons (Fsp3) is 0.692. The number of carbonyl (C=O) groups excluding carboxylic acids is 1. The molecule has 1 aromatic rings. The lowest BCUT2D eigenvalue weighted by Gasteiger charge is -2.20. The molecule has 0 N–H and O–H groups in total. The van der Waals surface area contributed by atoms with Gasteiger partial charge in [0.25, 0.3) is 0 Å². The van der Waals surface area contributed by atoms with Gasteiger partial charge in [-0.2, -0.15) is 9.78 Å². The van der Waals surface area contributed by atoms with E-state index in [4.69, 9.17) is 4.74 Å². The molecule has 0 amide bonds. The fourth-order valence-corrected chi connectivity index (χ4v) is 1.64. The highest BCUT2D eigenvalue weighted by molar-refractivity contribution is 5.71. The molecule has 1 heterocycles. The van der Waals surface area contributed by atoms with Gasteiger partial charge in [0.2, 0.25) is 0 Å². The molecule has 0 aliphatic heterocycles. The van der Waals surface area contributed by atoms with Crippen LogP contribution in [0.25, 0.3) is 0 Å². The van der Waals surface area contributed by atoms with E-state index < -0.39 is 11.7 Å². The van der Waals surface area contributed by atoms with Crippen LogP contribution in [-0.4, -0.2) is 21.5 Å². The van der Waals surface area contributed by atoms with Crippen molar-refractivity contribution in [2.75, 3.05) is 0 Å². The van der Waals surface area contributed by atoms with E-state index in [1.807, 2.05) is 27.7 Å². The Kier molecular flexibility index (Phi) is 3.37. The molecular formula is C13H22N2O2. The quantitative estimate of drug-likeness (QED) is 0.696. The van der Waals surface area contributed by atoms with Crippen molar-refractivity contribution in [2.45, 2.75) is 59.5 Å². The summed E-state index contributed by atoms with van der Waals surface area (Å²) in [5, 5.41) is 4.11. The summed E-state index contributed by atoms with van der Waals surface area (Å²) in [7, 11) is 0. The average Bonchev–Trinajstić information content (AvgIpc) is 2.42. The zero-order valence-corrected chi connectivity index (χ0v) is 11.8. The molecule has 0 spiro atoms. The van der Waals surface area contributed by atoms with Gasteiger partial charge >= 0.3 is 6.09 Å². The van der Waals surface area contributed by atoms with Crippen molar-refractivity contribution in [3.8, 4) is 0 Å². The number of rotatable bonds is 0. The zero-order valence-electron chi connectivity index (χ0n) is 11.8. The van der Waals surface area contributed by atoms with E-state index in [0.717, 1.165) is 11.3 Å². The topological polar surface area (TPSA) is 44.1 Å². The van der Waals surface area contributed by atoms with Gasteiger partial charge in [0.1, 0.15) is 5.60 Å². The lowest BCUT2D eigenvalue weighted by molar-refractivity contribution is 0.0511. The molecule has 0 saturated carbocycles. The summed E-state index contributed by atoms with van der Waals surface area (Å²) in [5.41, 5.74) is 1.37. The molecule has 0 radical (unpaired) electrons. The van der Waals surface area contributed by atoms with Gasteiger partial charge in [0.15, 0.2) is 0 Å². The third kappa shape index (κ3) is 3.32. The van der Waals surface area contributed by atoms with Crippen LogP contribution in [-0.2, 0) is 10.2 Å². The Labute approximate surface area is 103 Å². The Morgan fingerprint density at radius 1 is 1.24 bits per heavy atom. The second-order valence-corrected chi connectivity index (χ2v) is 6.29. The van der Waals surface area contributed by atoms with Crippen LogP contribution in [0.3, 0.4) is 0 Å². The molecule has 1 rings (SSSR count). The highest BCUT2D eigenvalue weighted by Crippen LogP contribution is 2.25. The molecule has 0 saturated heterocycles. The van der Waals surface area contributed by atoms with Crippen molar-refractivity contribution in [1.82, 2.24) is 9.78 Å². The number of nitrogens with zero attached hydrogens (tertiary/aromatic N) is 2. The molecule has 0 aliphatic rings. The van der Waals surface area contributed by atoms with Gasteiger partial charge in [-0.3, -0.25) is 0 Å². The van der Waals surface area contributed by atoms with Crippen LogP contribution in [0.2, 0.25) is 0 Å². The molecule has 0 atom stereocenters. The van der Waals surface area contributed by atoms with Crippen LogP contribution in [0.15, 0.2) is 6.20 Å². The monoisotopic (exact) mass is 238 g/mol. The van der Waals surface area contributed by atoms with Crippen LogP contribution >= 0.6 is 0 Å². The predicted octanol–water partition coefficient (Wildman–Crippen LogP) is 3.27. The number of hydrogen-bond acceptors (Lipinski definition) is 3. The first kappa shape index (κ1) is 13.7. The lowest BCUT2D eigenvalue weighted by Crippen LogP contribution is -2.28. The maximum atomic E-state index is 11.9. The van der Waals surface area contributed by atoms with Gasteiger partial charge in [-0.25, -0.2) is 4.79 Å².